The van der Waals surface area contributed by atoms with E-state index in [1.807, 2.05) is 48.6 Å². The van der Waals surface area contributed by atoms with Crippen LogP contribution in [0.2, 0.25) is 0 Å². The molecule has 370 valence electrons. The highest BCUT2D eigenvalue weighted by Gasteiger charge is 2.19. The summed E-state index contributed by atoms with van der Waals surface area (Å²) in [6.45, 7) is 6.32. The van der Waals surface area contributed by atoms with Gasteiger partial charge in [0.05, 0.1) is 0 Å². The van der Waals surface area contributed by atoms with Gasteiger partial charge in [-0.3, -0.25) is 14.4 Å². The lowest BCUT2D eigenvalue weighted by molar-refractivity contribution is -0.167. The fourth-order valence-electron chi connectivity index (χ4n) is 7.29. The largest absolute Gasteiger partial charge is 0.462 e. The molecule has 0 aliphatic carbocycles. The standard InChI is InChI=1S/C59H98O6/c1-4-7-10-13-16-19-22-25-27-28-29-30-32-34-37-40-43-46-49-52-58(61)64-55-56(54-63-57(60)51-48-45-42-39-36-33-24-21-18-15-12-9-6-3)65-59(62)53-50-47-44-41-38-35-31-26-23-20-17-14-11-8-5-2/h8-9,11-12,14-15,17-18,20-21,23-24,26,31,35,38,56H,4-7,10,13,16,19,22,25,27-30,32-34,36-37,39-55H2,1-3H3/b11-8+,12-9+,17-14+,18-15+,23-20+,24-21+,31-26+,38-35+. The van der Waals surface area contributed by atoms with Gasteiger partial charge in [-0.1, -0.05) is 259 Å². The lowest BCUT2D eigenvalue weighted by Crippen LogP contribution is -2.30. The smallest absolute Gasteiger partial charge is 0.306 e. The Kier molecular flexibility index (Phi) is 50.0. The molecule has 0 bridgehead atoms. The number of esters is 3. The second-order valence-corrected chi connectivity index (χ2v) is 17.6. The third-order valence-electron chi connectivity index (χ3n) is 11.3. The topological polar surface area (TPSA) is 78.9 Å². The van der Waals surface area contributed by atoms with Crippen LogP contribution in [0.1, 0.15) is 239 Å². The molecule has 0 aliphatic heterocycles. The van der Waals surface area contributed by atoms with Crippen molar-refractivity contribution in [3.05, 3.63) is 97.2 Å². The van der Waals surface area contributed by atoms with Gasteiger partial charge in [0.2, 0.25) is 0 Å². The number of carbonyl (C=O) groups is 3. The van der Waals surface area contributed by atoms with Gasteiger partial charge < -0.3 is 14.2 Å². The normalized spacial score (nSPS) is 12.8. The van der Waals surface area contributed by atoms with E-state index in [2.05, 4.69) is 69.4 Å². The summed E-state index contributed by atoms with van der Waals surface area (Å²) in [7, 11) is 0. The van der Waals surface area contributed by atoms with Crippen LogP contribution in [0.15, 0.2) is 97.2 Å². The molecule has 0 saturated carbocycles. The van der Waals surface area contributed by atoms with E-state index in [1.54, 1.807) is 0 Å². The van der Waals surface area contributed by atoms with Crippen LogP contribution in [-0.2, 0) is 28.6 Å². The lowest BCUT2D eigenvalue weighted by Gasteiger charge is -2.18. The van der Waals surface area contributed by atoms with Gasteiger partial charge in [-0.2, -0.15) is 0 Å². The highest BCUT2D eigenvalue weighted by atomic mass is 16.6. The van der Waals surface area contributed by atoms with Gasteiger partial charge in [-0.15, -0.1) is 0 Å². The molecule has 1 atom stereocenters. The molecule has 0 N–H and O–H groups in total. The molecule has 0 radical (unpaired) electrons. The van der Waals surface area contributed by atoms with Gasteiger partial charge in [0.15, 0.2) is 6.10 Å². The molecule has 0 aromatic rings. The predicted molar refractivity (Wildman–Crippen MR) is 279 cm³/mol. The van der Waals surface area contributed by atoms with Crippen LogP contribution in [0.4, 0.5) is 0 Å². The number of carbonyl (C=O) groups excluding carboxylic acids is 3. The Morgan fingerprint density at radius 1 is 0.323 bits per heavy atom. The van der Waals surface area contributed by atoms with E-state index in [-0.39, 0.29) is 37.5 Å². The maximum Gasteiger partial charge on any atom is 0.306 e. The first-order valence-electron chi connectivity index (χ1n) is 26.8. The Morgan fingerprint density at radius 2 is 0.600 bits per heavy atom. The highest BCUT2D eigenvalue weighted by molar-refractivity contribution is 5.71. The summed E-state index contributed by atoms with van der Waals surface area (Å²) in [5.41, 5.74) is 0. The molecule has 6 heteroatoms. The van der Waals surface area contributed by atoms with Gasteiger partial charge in [0.1, 0.15) is 13.2 Å². The summed E-state index contributed by atoms with van der Waals surface area (Å²) in [5.74, 6) is -0.963. The second-order valence-electron chi connectivity index (χ2n) is 17.6. The average molecular weight is 903 g/mol. The monoisotopic (exact) mass is 903 g/mol. The molecule has 0 amide bonds. The first-order valence-corrected chi connectivity index (χ1v) is 26.8. The van der Waals surface area contributed by atoms with Gasteiger partial charge in [0.25, 0.3) is 0 Å². The van der Waals surface area contributed by atoms with Crippen molar-refractivity contribution in [1.29, 1.82) is 0 Å². The van der Waals surface area contributed by atoms with Crippen molar-refractivity contribution in [1.82, 2.24) is 0 Å². The van der Waals surface area contributed by atoms with E-state index in [1.165, 1.54) is 103 Å². The molecule has 6 nitrogen and oxygen atoms in total. The van der Waals surface area contributed by atoms with Gasteiger partial charge in [-0.05, 0) is 57.8 Å². The minimum absolute atomic E-state index is 0.101. The zero-order valence-corrected chi connectivity index (χ0v) is 42.2. The molecule has 0 aromatic heterocycles. The number of unbranched alkanes of at least 4 members (excludes halogenated alkanes) is 26. The summed E-state index contributed by atoms with van der Waals surface area (Å²) in [5, 5.41) is 0. The number of allylic oxidation sites excluding steroid dienone is 16. The first-order chi connectivity index (χ1) is 32.0. The van der Waals surface area contributed by atoms with Crippen molar-refractivity contribution < 1.29 is 28.6 Å². The molecule has 0 saturated heterocycles. The predicted octanol–water partition coefficient (Wildman–Crippen LogP) is 17.8. The van der Waals surface area contributed by atoms with E-state index in [9.17, 15) is 14.4 Å². The summed E-state index contributed by atoms with van der Waals surface area (Å²) in [6.07, 6.45) is 69.7. The van der Waals surface area contributed by atoms with Crippen molar-refractivity contribution in [2.24, 2.45) is 0 Å². The minimum atomic E-state index is -0.807. The molecular weight excluding hydrogens is 805 g/mol. The van der Waals surface area contributed by atoms with E-state index in [0.29, 0.717) is 19.3 Å². The van der Waals surface area contributed by atoms with Crippen LogP contribution < -0.4 is 0 Å². The van der Waals surface area contributed by atoms with Gasteiger partial charge in [0, 0.05) is 19.3 Å². The average Bonchev–Trinajstić information content (AvgIpc) is 3.30. The molecular formula is C59H98O6. The second kappa shape index (κ2) is 52.9. The Hall–Kier alpha value is -3.67. The zero-order valence-electron chi connectivity index (χ0n) is 42.2. The molecule has 0 fully saturated rings. The molecule has 0 rings (SSSR count). The maximum absolute atomic E-state index is 12.8. The lowest BCUT2D eigenvalue weighted by atomic mass is 10.0. The Labute approximate surface area is 400 Å². The molecule has 65 heavy (non-hydrogen) atoms. The third kappa shape index (κ3) is 51.2. The van der Waals surface area contributed by atoms with Crippen LogP contribution in [0, 0.1) is 0 Å². The molecule has 0 heterocycles. The van der Waals surface area contributed by atoms with Crippen molar-refractivity contribution >= 4 is 17.9 Å². The van der Waals surface area contributed by atoms with Crippen LogP contribution in [0.3, 0.4) is 0 Å². The first kappa shape index (κ1) is 61.3. The minimum Gasteiger partial charge on any atom is -0.462 e. The zero-order chi connectivity index (χ0) is 47.2. The van der Waals surface area contributed by atoms with Crippen molar-refractivity contribution in [2.45, 2.75) is 245 Å². The molecule has 0 aliphatic rings. The third-order valence-corrected chi connectivity index (χ3v) is 11.3. The number of ether oxygens (including phenoxy) is 3. The maximum atomic E-state index is 12.8. The van der Waals surface area contributed by atoms with Crippen molar-refractivity contribution in [2.75, 3.05) is 13.2 Å². The summed E-state index contributed by atoms with van der Waals surface area (Å²) in [6, 6.07) is 0. The van der Waals surface area contributed by atoms with E-state index >= 15 is 0 Å². The van der Waals surface area contributed by atoms with Gasteiger partial charge >= 0.3 is 17.9 Å². The Morgan fingerprint density at radius 3 is 0.954 bits per heavy atom. The Bertz CT molecular complexity index is 1310. The van der Waals surface area contributed by atoms with Gasteiger partial charge in [-0.25, -0.2) is 0 Å². The van der Waals surface area contributed by atoms with Crippen LogP contribution in [0.5, 0.6) is 0 Å². The quantitative estimate of drug-likeness (QED) is 0.0262. The molecule has 0 aromatic carbocycles. The van der Waals surface area contributed by atoms with Crippen molar-refractivity contribution in [3.63, 3.8) is 0 Å². The summed E-state index contributed by atoms with van der Waals surface area (Å²) < 4.78 is 16.8. The van der Waals surface area contributed by atoms with Crippen LogP contribution >= 0.6 is 0 Å². The van der Waals surface area contributed by atoms with Crippen molar-refractivity contribution in [3.8, 4) is 0 Å². The highest BCUT2D eigenvalue weighted by Crippen LogP contribution is 2.16. The molecule has 1 unspecified atom stereocenters. The number of hydrogen-bond donors (Lipinski definition) is 0. The fraction of sp³-hybridized carbons (Fsp3) is 0.678. The fourth-order valence-corrected chi connectivity index (χ4v) is 7.29. The SMILES string of the molecule is CC/C=C/C=C/C=C/C=C/C=C/CCCCCC(=O)OC(COC(=O)CCCCCCC/C=C/C=C/C=C/CC)COC(=O)CCCCCCCCCCCCCCCCCCCCC. The van der Waals surface area contributed by atoms with E-state index in [4.69, 9.17) is 14.2 Å². The summed E-state index contributed by atoms with van der Waals surface area (Å²) in [4.78, 5) is 38.0. The summed E-state index contributed by atoms with van der Waals surface area (Å²) >= 11 is 0. The Balaban J connectivity index is 4.43. The number of hydrogen-bond acceptors (Lipinski definition) is 6. The molecule has 0 spiro atoms. The van der Waals surface area contributed by atoms with Crippen LogP contribution in [-0.4, -0.2) is 37.2 Å². The van der Waals surface area contributed by atoms with Crippen LogP contribution in [0.25, 0.3) is 0 Å². The van der Waals surface area contributed by atoms with E-state index < -0.39 is 6.10 Å². The number of rotatable bonds is 47. The van der Waals surface area contributed by atoms with E-state index in [0.717, 1.165) is 89.9 Å².